The SMILES string of the molecule is NC(=O)CC(NC(=O)C(CCCN=C(N)N)NC(=O)C(N)CCC(=O)O)C(=O)NCC(=O)O. The Morgan fingerprint density at radius 2 is 1.42 bits per heavy atom. The molecule has 0 fully saturated rings. The summed E-state index contributed by atoms with van der Waals surface area (Å²) in [6.45, 7) is -0.655. The van der Waals surface area contributed by atoms with Gasteiger partial charge in [0.1, 0.15) is 18.6 Å². The summed E-state index contributed by atoms with van der Waals surface area (Å²) in [5.74, 6) is -6.34. The van der Waals surface area contributed by atoms with Crippen molar-refractivity contribution in [1.82, 2.24) is 16.0 Å². The molecule has 13 N–H and O–H groups in total. The second-order valence-electron chi connectivity index (χ2n) is 6.89. The molecule has 0 aromatic heterocycles. The van der Waals surface area contributed by atoms with Crippen LogP contribution in [0.1, 0.15) is 32.1 Å². The predicted molar refractivity (Wildman–Crippen MR) is 113 cm³/mol. The van der Waals surface area contributed by atoms with Crippen LogP contribution in [0.15, 0.2) is 4.99 Å². The van der Waals surface area contributed by atoms with Gasteiger partial charge in [0.15, 0.2) is 5.96 Å². The molecular weight excluding hydrogens is 444 g/mol. The Balaban J connectivity index is 5.37. The van der Waals surface area contributed by atoms with Gasteiger partial charge in [-0.25, -0.2) is 0 Å². The second kappa shape index (κ2) is 15.0. The second-order valence-corrected chi connectivity index (χ2v) is 6.89. The lowest BCUT2D eigenvalue weighted by molar-refractivity contribution is -0.139. The van der Waals surface area contributed by atoms with Gasteiger partial charge < -0.3 is 49.1 Å². The van der Waals surface area contributed by atoms with Crippen molar-refractivity contribution in [2.24, 2.45) is 27.9 Å². The number of carbonyl (C=O) groups is 6. The van der Waals surface area contributed by atoms with Gasteiger partial charge in [0.05, 0.1) is 12.5 Å². The standard InChI is InChI=1S/C17H30N8O8/c18-8(3-4-12(27)28)14(31)24-9(2-1-5-22-17(20)21)16(33)25-10(6-11(19)26)15(32)23-7-13(29)30/h8-10H,1-7,18H2,(H2,19,26)(H,23,32)(H,24,31)(H,25,33)(H,27,28)(H,29,30)(H4,20,21,22). The maximum Gasteiger partial charge on any atom is 0.322 e. The van der Waals surface area contributed by atoms with Crippen molar-refractivity contribution in [3.63, 3.8) is 0 Å². The van der Waals surface area contributed by atoms with Gasteiger partial charge >= 0.3 is 11.9 Å². The summed E-state index contributed by atoms with van der Waals surface area (Å²) in [7, 11) is 0. The summed E-state index contributed by atoms with van der Waals surface area (Å²) in [6, 6.07) is -3.99. The molecule has 0 aromatic rings. The van der Waals surface area contributed by atoms with Gasteiger partial charge in [-0.3, -0.25) is 33.8 Å². The van der Waals surface area contributed by atoms with Crippen LogP contribution in [-0.4, -0.2) is 83.0 Å². The lowest BCUT2D eigenvalue weighted by atomic mass is 10.1. The van der Waals surface area contributed by atoms with Crippen LogP contribution in [-0.2, 0) is 28.8 Å². The molecule has 16 nitrogen and oxygen atoms in total. The molecule has 3 unspecified atom stereocenters. The number of nitrogens with one attached hydrogen (secondary N) is 3. The molecule has 0 aliphatic carbocycles. The van der Waals surface area contributed by atoms with Crippen molar-refractivity contribution >= 4 is 41.5 Å². The lowest BCUT2D eigenvalue weighted by Crippen LogP contribution is -2.56. The summed E-state index contributed by atoms with van der Waals surface area (Å²) in [6.07, 6.45) is -0.998. The quantitative estimate of drug-likeness (QED) is 0.0581. The molecular formula is C17H30N8O8. The largest absolute Gasteiger partial charge is 0.481 e. The number of carboxylic acids is 2. The minimum atomic E-state index is -1.51. The third-order valence-corrected chi connectivity index (χ3v) is 4.04. The molecule has 186 valence electrons. The number of carbonyl (C=O) groups excluding carboxylic acids is 4. The van der Waals surface area contributed by atoms with Crippen LogP contribution in [0.25, 0.3) is 0 Å². The molecule has 0 aliphatic rings. The highest BCUT2D eigenvalue weighted by atomic mass is 16.4. The van der Waals surface area contributed by atoms with Gasteiger partial charge in [-0.15, -0.1) is 0 Å². The normalized spacial score (nSPS) is 13.0. The van der Waals surface area contributed by atoms with E-state index in [1.165, 1.54) is 0 Å². The summed E-state index contributed by atoms with van der Waals surface area (Å²) >= 11 is 0. The molecule has 0 spiro atoms. The van der Waals surface area contributed by atoms with Crippen molar-refractivity contribution in [1.29, 1.82) is 0 Å². The van der Waals surface area contributed by atoms with Crippen LogP contribution in [0.3, 0.4) is 0 Å². The molecule has 4 amide bonds. The molecule has 0 saturated heterocycles. The number of guanidine groups is 1. The molecule has 0 aliphatic heterocycles. The van der Waals surface area contributed by atoms with Crippen LogP contribution in [0.5, 0.6) is 0 Å². The topological polar surface area (TPSA) is 295 Å². The number of aliphatic carboxylic acids is 2. The number of hydrogen-bond donors (Lipinski definition) is 9. The van der Waals surface area contributed by atoms with E-state index < -0.39 is 66.7 Å². The van der Waals surface area contributed by atoms with Crippen LogP contribution >= 0.6 is 0 Å². The van der Waals surface area contributed by atoms with Crippen molar-refractivity contribution < 1.29 is 39.0 Å². The van der Waals surface area contributed by atoms with Gasteiger partial charge in [-0.2, -0.15) is 0 Å². The van der Waals surface area contributed by atoms with E-state index in [-0.39, 0.29) is 38.2 Å². The fourth-order valence-corrected chi connectivity index (χ4v) is 2.43. The summed E-state index contributed by atoms with van der Waals surface area (Å²) in [5, 5.41) is 24.0. The van der Waals surface area contributed by atoms with E-state index in [1.54, 1.807) is 0 Å². The average Bonchev–Trinajstić information content (AvgIpc) is 2.70. The Labute approximate surface area is 188 Å². The van der Waals surface area contributed by atoms with Crippen LogP contribution in [0.2, 0.25) is 0 Å². The van der Waals surface area contributed by atoms with Gasteiger partial charge in [-0.05, 0) is 19.3 Å². The minimum absolute atomic E-state index is 0.0138. The molecule has 0 aromatic carbocycles. The number of primary amides is 1. The molecule has 0 saturated carbocycles. The maximum absolute atomic E-state index is 12.7. The fourth-order valence-electron chi connectivity index (χ4n) is 2.43. The van der Waals surface area contributed by atoms with Gasteiger partial charge in [0.25, 0.3) is 0 Å². The predicted octanol–water partition coefficient (Wildman–Crippen LogP) is -4.72. The number of nitrogens with zero attached hydrogens (tertiary/aromatic N) is 1. The van der Waals surface area contributed by atoms with E-state index in [4.69, 9.17) is 33.1 Å². The Morgan fingerprint density at radius 1 is 0.818 bits per heavy atom. The first-order valence-electron chi connectivity index (χ1n) is 9.74. The van der Waals surface area contributed by atoms with E-state index in [0.29, 0.717) is 0 Å². The highest BCUT2D eigenvalue weighted by Gasteiger charge is 2.29. The molecule has 0 rings (SSSR count). The highest BCUT2D eigenvalue weighted by Crippen LogP contribution is 2.03. The Bertz CT molecular complexity index is 768. The number of aliphatic imine (C=N–C) groups is 1. The summed E-state index contributed by atoms with van der Waals surface area (Å²) < 4.78 is 0. The van der Waals surface area contributed by atoms with E-state index in [2.05, 4.69) is 15.6 Å². The van der Waals surface area contributed by atoms with Crippen molar-refractivity contribution in [2.75, 3.05) is 13.1 Å². The Kier molecular flexibility index (Phi) is 13.2. The van der Waals surface area contributed by atoms with Crippen molar-refractivity contribution in [3.8, 4) is 0 Å². The fraction of sp³-hybridized carbons (Fsp3) is 0.588. The van der Waals surface area contributed by atoms with Crippen molar-refractivity contribution in [3.05, 3.63) is 0 Å². The van der Waals surface area contributed by atoms with Crippen molar-refractivity contribution in [2.45, 2.75) is 50.2 Å². The van der Waals surface area contributed by atoms with Gasteiger partial charge in [-0.1, -0.05) is 0 Å². The Morgan fingerprint density at radius 3 is 1.94 bits per heavy atom. The molecule has 0 radical (unpaired) electrons. The smallest absolute Gasteiger partial charge is 0.322 e. The van der Waals surface area contributed by atoms with Crippen LogP contribution in [0.4, 0.5) is 0 Å². The zero-order valence-corrected chi connectivity index (χ0v) is 17.8. The number of hydrogen-bond acceptors (Lipinski definition) is 8. The lowest BCUT2D eigenvalue weighted by Gasteiger charge is -2.23. The van der Waals surface area contributed by atoms with E-state index in [1.807, 2.05) is 5.32 Å². The minimum Gasteiger partial charge on any atom is -0.481 e. The molecule has 16 heteroatoms. The first-order valence-corrected chi connectivity index (χ1v) is 9.74. The van der Waals surface area contributed by atoms with Gasteiger partial charge in [0, 0.05) is 13.0 Å². The first-order chi connectivity index (χ1) is 15.3. The van der Waals surface area contributed by atoms with E-state index in [9.17, 15) is 28.8 Å². The van der Waals surface area contributed by atoms with Crippen LogP contribution in [0, 0.1) is 0 Å². The molecule has 0 bridgehead atoms. The highest BCUT2D eigenvalue weighted by molar-refractivity contribution is 5.95. The zero-order chi connectivity index (χ0) is 25.6. The third-order valence-electron chi connectivity index (χ3n) is 4.04. The number of nitrogens with two attached hydrogens (primary N) is 4. The van der Waals surface area contributed by atoms with Crippen LogP contribution < -0.4 is 38.9 Å². The number of carboxylic acid groups (broad SMARTS) is 2. The number of amides is 4. The monoisotopic (exact) mass is 474 g/mol. The first kappa shape index (κ1) is 29.0. The molecule has 33 heavy (non-hydrogen) atoms. The summed E-state index contributed by atoms with van der Waals surface area (Å²) in [4.78, 5) is 73.5. The Hall–Kier alpha value is -3.95. The maximum atomic E-state index is 12.7. The third kappa shape index (κ3) is 13.9. The number of rotatable bonds is 16. The van der Waals surface area contributed by atoms with Gasteiger partial charge in [0.2, 0.25) is 23.6 Å². The average molecular weight is 474 g/mol. The molecule has 3 atom stereocenters. The molecule has 0 heterocycles. The van der Waals surface area contributed by atoms with E-state index >= 15 is 0 Å². The summed E-state index contributed by atoms with van der Waals surface area (Å²) in [5.41, 5.74) is 21.2. The zero-order valence-electron chi connectivity index (χ0n) is 17.8. The van der Waals surface area contributed by atoms with E-state index in [0.717, 1.165) is 0 Å².